The molecule has 1 saturated carbocycles. The molecule has 0 saturated heterocycles. The number of rotatable bonds is 6. The van der Waals surface area contributed by atoms with Crippen molar-refractivity contribution in [2.24, 2.45) is 18.9 Å². The first-order chi connectivity index (χ1) is 8.99. The first-order valence-corrected chi connectivity index (χ1v) is 6.62. The van der Waals surface area contributed by atoms with Crippen molar-refractivity contribution in [2.45, 2.75) is 32.2 Å². The Kier molecular flexibility index (Phi) is 3.93. The molecule has 1 amide bonds. The summed E-state index contributed by atoms with van der Waals surface area (Å²) >= 11 is 0. The zero-order valence-corrected chi connectivity index (χ0v) is 11.3. The highest BCUT2D eigenvalue weighted by Crippen LogP contribution is 2.38. The SMILES string of the molecule is CC(CCc1cccn1C)NC(=O)C1CC1C(=O)O. The van der Waals surface area contributed by atoms with Crippen molar-refractivity contribution < 1.29 is 14.7 Å². The number of carbonyl (C=O) groups is 2. The van der Waals surface area contributed by atoms with Gasteiger partial charge in [-0.1, -0.05) is 0 Å². The van der Waals surface area contributed by atoms with E-state index in [0.717, 1.165) is 12.8 Å². The maximum absolute atomic E-state index is 11.8. The molecule has 1 aliphatic rings. The molecule has 2 N–H and O–H groups in total. The topological polar surface area (TPSA) is 71.3 Å². The first-order valence-electron chi connectivity index (χ1n) is 6.62. The number of carboxylic acids is 1. The molecule has 5 nitrogen and oxygen atoms in total. The molecule has 5 heteroatoms. The van der Waals surface area contributed by atoms with E-state index in [0.29, 0.717) is 6.42 Å². The van der Waals surface area contributed by atoms with Crippen LogP contribution in [0.15, 0.2) is 18.3 Å². The molecular weight excluding hydrogens is 244 g/mol. The third kappa shape index (κ3) is 3.36. The Morgan fingerprint density at radius 1 is 1.53 bits per heavy atom. The summed E-state index contributed by atoms with van der Waals surface area (Å²) in [4.78, 5) is 22.5. The van der Waals surface area contributed by atoms with Gasteiger partial charge in [-0.3, -0.25) is 9.59 Å². The summed E-state index contributed by atoms with van der Waals surface area (Å²) in [6, 6.07) is 4.13. The van der Waals surface area contributed by atoms with Crippen molar-refractivity contribution >= 4 is 11.9 Å². The zero-order valence-electron chi connectivity index (χ0n) is 11.3. The van der Waals surface area contributed by atoms with E-state index in [1.165, 1.54) is 5.69 Å². The van der Waals surface area contributed by atoms with Gasteiger partial charge in [-0.25, -0.2) is 0 Å². The lowest BCUT2D eigenvalue weighted by atomic mass is 10.1. The number of hydrogen-bond acceptors (Lipinski definition) is 2. The van der Waals surface area contributed by atoms with Gasteiger partial charge in [0.05, 0.1) is 11.8 Å². The fourth-order valence-corrected chi connectivity index (χ4v) is 2.30. The number of hydrogen-bond donors (Lipinski definition) is 2. The predicted octanol–water partition coefficient (Wildman–Crippen LogP) is 1.18. The van der Waals surface area contributed by atoms with Gasteiger partial charge in [0, 0.05) is 25.0 Å². The van der Waals surface area contributed by atoms with Gasteiger partial charge in [0.1, 0.15) is 0 Å². The molecule has 0 spiro atoms. The van der Waals surface area contributed by atoms with Crippen molar-refractivity contribution in [3.8, 4) is 0 Å². The fourth-order valence-electron chi connectivity index (χ4n) is 2.30. The quantitative estimate of drug-likeness (QED) is 0.810. The average molecular weight is 264 g/mol. The third-order valence-corrected chi connectivity index (χ3v) is 3.72. The number of amides is 1. The maximum Gasteiger partial charge on any atom is 0.307 e. The van der Waals surface area contributed by atoms with Crippen LogP contribution in [0.2, 0.25) is 0 Å². The number of nitrogens with one attached hydrogen (secondary N) is 1. The number of nitrogens with zero attached hydrogens (tertiary/aromatic N) is 1. The number of aryl methyl sites for hydroxylation is 2. The third-order valence-electron chi connectivity index (χ3n) is 3.72. The normalized spacial score (nSPS) is 22.8. The van der Waals surface area contributed by atoms with E-state index < -0.39 is 11.9 Å². The van der Waals surface area contributed by atoms with Gasteiger partial charge >= 0.3 is 5.97 Å². The molecular formula is C14H20N2O3. The van der Waals surface area contributed by atoms with Crippen LogP contribution in [-0.4, -0.2) is 27.6 Å². The monoisotopic (exact) mass is 264 g/mol. The van der Waals surface area contributed by atoms with Crippen LogP contribution in [0, 0.1) is 11.8 Å². The second kappa shape index (κ2) is 5.47. The summed E-state index contributed by atoms with van der Waals surface area (Å²) in [7, 11) is 2.00. The summed E-state index contributed by atoms with van der Waals surface area (Å²) in [5, 5.41) is 11.7. The van der Waals surface area contributed by atoms with Gasteiger partial charge < -0.3 is 15.0 Å². The van der Waals surface area contributed by atoms with E-state index in [2.05, 4.69) is 16.0 Å². The summed E-state index contributed by atoms with van der Waals surface area (Å²) in [6.07, 6.45) is 4.23. The summed E-state index contributed by atoms with van der Waals surface area (Å²) in [5.74, 6) is -1.78. The van der Waals surface area contributed by atoms with E-state index in [1.807, 2.05) is 26.2 Å². The second-order valence-electron chi connectivity index (χ2n) is 5.35. The number of aliphatic carboxylic acids is 1. The molecule has 2 rings (SSSR count). The van der Waals surface area contributed by atoms with Gasteiger partial charge in [0.25, 0.3) is 0 Å². The molecule has 1 aliphatic carbocycles. The number of carbonyl (C=O) groups excluding carboxylic acids is 1. The minimum absolute atomic E-state index is 0.0671. The van der Waals surface area contributed by atoms with Gasteiger partial charge in [0.2, 0.25) is 5.91 Å². The molecule has 1 fully saturated rings. The van der Waals surface area contributed by atoms with E-state index in [4.69, 9.17) is 5.11 Å². The molecule has 3 atom stereocenters. The highest BCUT2D eigenvalue weighted by atomic mass is 16.4. The van der Waals surface area contributed by atoms with Crippen molar-refractivity contribution in [2.75, 3.05) is 0 Å². The minimum Gasteiger partial charge on any atom is -0.481 e. The van der Waals surface area contributed by atoms with Crippen molar-refractivity contribution in [1.29, 1.82) is 0 Å². The zero-order chi connectivity index (χ0) is 14.0. The van der Waals surface area contributed by atoms with Crippen LogP contribution in [0.3, 0.4) is 0 Å². The first kappa shape index (κ1) is 13.6. The number of aromatic nitrogens is 1. The molecule has 1 aromatic rings. The fraction of sp³-hybridized carbons (Fsp3) is 0.571. The molecule has 1 heterocycles. The average Bonchev–Trinajstić information content (AvgIpc) is 3.05. The Morgan fingerprint density at radius 2 is 2.26 bits per heavy atom. The Hall–Kier alpha value is -1.78. The lowest BCUT2D eigenvalue weighted by Crippen LogP contribution is -2.34. The van der Waals surface area contributed by atoms with E-state index in [1.54, 1.807) is 0 Å². The van der Waals surface area contributed by atoms with Crippen LogP contribution >= 0.6 is 0 Å². The van der Waals surface area contributed by atoms with Crippen molar-refractivity contribution in [1.82, 2.24) is 9.88 Å². The lowest BCUT2D eigenvalue weighted by molar-refractivity contribution is -0.140. The Morgan fingerprint density at radius 3 is 2.79 bits per heavy atom. The molecule has 0 aromatic carbocycles. The van der Waals surface area contributed by atoms with E-state index in [-0.39, 0.29) is 17.9 Å². The highest BCUT2D eigenvalue weighted by Gasteiger charge is 2.48. The largest absolute Gasteiger partial charge is 0.481 e. The summed E-state index contributed by atoms with van der Waals surface area (Å²) < 4.78 is 2.07. The maximum atomic E-state index is 11.8. The number of carboxylic acid groups (broad SMARTS) is 1. The van der Waals surface area contributed by atoms with Crippen LogP contribution in [0.5, 0.6) is 0 Å². The van der Waals surface area contributed by atoms with Crippen LogP contribution in [0.25, 0.3) is 0 Å². The van der Waals surface area contributed by atoms with Crippen LogP contribution in [0.1, 0.15) is 25.5 Å². The molecule has 0 aliphatic heterocycles. The Labute approximate surface area is 112 Å². The standard InChI is InChI=1S/C14H20N2O3/c1-9(5-6-10-4-3-7-16(10)2)15-13(17)11-8-12(11)14(18)19/h3-4,7,9,11-12H,5-6,8H2,1-2H3,(H,15,17)(H,18,19). The van der Waals surface area contributed by atoms with Crippen molar-refractivity contribution in [3.05, 3.63) is 24.0 Å². The smallest absolute Gasteiger partial charge is 0.307 e. The predicted molar refractivity (Wildman–Crippen MR) is 70.6 cm³/mol. The Balaban J connectivity index is 1.73. The molecule has 1 aromatic heterocycles. The lowest BCUT2D eigenvalue weighted by Gasteiger charge is -2.14. The van der Waals surface area contributed by atoms with Gasteiger partial charge in [-0.2, -0.15) is 0 Å². The molecule has 0 radical (unpaired) electrons. The Bertz CT molecular complexity index is 481. The van der Waals surface area contributed by atoms with Crippen LogP contribution in [-0.2, 0) is 23.1 Å². The molecule has 104 valence electrons. The van der Waals surface area contributed by atoms with Crippen molar-refractivity contribution in [3.63, 3.8) is 0 Å². The molecule has 19 heavy (non-hydrogen) atoms. The van der Waals surface area contributed by atoms with Crippen LogP contribution < -0.4 is 5.32 Å². The molecule has 3 unspecified atom stereocenters. The highest BCUT2D eigenvalue weighted by molar-refractivity contribution is 5.89. The van der Waals surface area contributed by atoms with Gasteiger partial charge in [-0.15, -0.1) is 0 Å². The van der Waals surface area contributed by atoms with E-state index >= 15 is 0 Å². The van der Waals surface area contributed by atoms with E-state index in [9.17, 15) is 9.59 Å². The summed E-state index contributed by atoms with van der Waals surface area (Å²) in [6.45, 7) is 1.96. The molecule has 0 bridgehead atoms. The minimum atomic E-state index is -0.864. The second-order valence-corrected chi connectivity index (χ2v) is 5.35. The van der Waals surface area contributed by atoms with Gasteiger partial charge in [0.15, 0.2) is 0 Å². The van der Waals surface area contributed by atoms with Gasteiger partial charge in [-0.05, 0) is 38.3 Å². The summed E-state index contributed by atoms with van der Waals surface area (Å²) in [5.41, 5.74) is 1.23. The van der Waals surface area contributed by atoms with Crippen LogP contribution in [0.4, 0.5) is 0 Å².